The van der Waals surface area contributed by atoms with Crippen molar-refractivity contribution in [3.8, 4) is 5.75 Å². The number of hydrogen-bond acceptors (Lipinski definition) is 4. The predicted molar refractivity (Wildman–Crippen MR) is 70.7 cm³/mol. The van der Waals surface area contributed by atoms with E-state index in [1.165, 1.54) is 6.20 Å². The number of rotatable bonds is 3. The Labute approximate surface area is 112 Å². The molecular weight excluding hydrogens is 298 g/mol. The van der Waals surface area contributed by atoms with Gasteiger partial charge in [-0.1, -0.05) is 0 Å². The molecule has 2 aromatic rings. The predicted octanol–water partition coefficient (Wildman–Crippen LogP) is 2.50. The number of aromatic nitrogens is 2. The number of carbonyl (C=O) groups excluding carboxylic acids is 1. The van der Waals surface area contributed by atoms with Gasteiger partial charge in [-0.25, -0.2) is 4.98 Å². The highest BCUT2D eigenvalue weighted by Crippen LogP contribution is 2.24. The highest BCUT2D eigenvalue weighted by molar-refractivity contribution is 9.10. The average Bonchev–Trinajstić information content (AvgIpc) is 2.40. The number of methoxy groups -OCH3 is 1. The van der Waals surface area contributed by atoms with Crippen LogP contribution in [0, 0.1) is 0 Å². The van der Waals surface area contributed by atoms with Crippen LogP contribution in [0.5, 0.6) is 5.75 Å². The maximum absolute atomic E-state index is 11.8. The SMILES string of the molecule is COc1ccc(NC(=O)c2cccnc2)nc1Br. The first-order chi connectivity index (χ1) is 8.70. The van der Waals surface area contributed by atoms with Crippen molar-refractivity contribution in [1.29, 1.82) is 0 Å². The molecule has 1 amide bonds. The van der Waals surface area contributed by atoms with Crippen LogP contribution in [0.15, 0.2) is 41.3 Å². The fourth-order valence-electron chi connectivity index (χ4n) is 1.33. The van der Waals surface area contributed by atoms with E-state index in [1.54, 1.807) is 37.6 Å². The smallest absolute Gasteiger partial charge is 0.258 e. The molecule has 0 unspecified atom stereocenters. The lowest BCUT2D eigenvalue weighted by atomic mass is 10.3. The largest absolute Gasteiger partial charge is 0.494 e. The van der Waals surface area contributed by atoms with Crippen molar-refractivity contribution in [3.05, 3.63) is 46.8 Å². The summed E-state index contributed by atoms with van der Waals surface area (Å²) in [5.41, 5.74) is 0.478. The Morgan fingerprint density at radius 3 is 2.83 bits per heavy atom. The first-order valence-corrected chi connectivity index (χ1v) is 5.92. The van der Waals surface area contributed by atoms with E-state index < -0.39 is 0 Å². The third kappa shape index (κ3) is 2.84. The third-order valence-corrected chi connectivity index (χ3v) is 2.77. The molecule has 2 heterocycles. The van der Waals surface area contributed by atoms with Gasteiger partial charge in [0.2, 0.25) is 0 Å². The zero-order valence-corrected chi connectivity index (χ0v) is 11.1. The summed E-state index contributed by atoms with van der Waals surface area (Å²) in [6.07, 6.45) is 3.10. The molecule has 0 bridgehead atoms. The molecule has 1 N–H and O–H groups in total. The molecule has 0 atom stereocenters. The first kappa shape index (κ1) is 12.5. The molecule has 2 rings (SSSR count). The van der Waals surface area contributed by atoms with Gasteiger partial charge < -0.3 is 10.1 Å². The maximum Gasteiger partial charge on any atom is 0.258 e. The number of amides is 1. The molecule has 92 valence electrons. The van der Waals surface area contributed by atoms with Crippen LogP contribution in [0.3, 0.4) is 0 Å². The summed E-state index contributed by atoms with van der Waals surface area (Å²) in [6.45, 7) is 0. The summed E-state index contributed by atoms with van der Waals surface area (Å²) in [5.74, 6) is 0.790. The number of carbonyl (C=O) groups is 1. The lowest BCUT2D eigenvalue weighted by molar-refractivity contribution is 0.102. The highest BCUT2D eigenvalue weighted by Gasteiger charge is 2.08. The molecule has 0 radical (unpaired) electrons. The minimum Gasteiger partial charge on any atom is -0.494 e. The van der Waals surface area contributed by atoms with Gasteiger partial charge in [-0.2, -0.15) is 0 Å². The van der Waals surface area contributed by atoms with E-state index in [2.05, 4.69) is 31.2 Å². The molecule has 0 saturated heterocycles. The highest BCUT2D eigenvalue weighted by atomic mass is 79.9. The number of pyridine rings is 2. The maximum atomic E-state index is 11.8. The molecule has 2 aromatic heterocycles. The van der Waals surface area contributed by atoms with Gasteiger partial charge in [0, 0.05) is 12.4 Å². The van der Waals surface area contributed by atoms with Gasteiger partial charge in [-0.15, -0.1) is 0 Å². The Morgan fingerprint density at radius 2 is 2.22 bits per heavy atom. The van der Waals surface area contributed by atoms with E-state index in [9.17, 15) is 4.79 Å². The summed E-state index contributed by atoms with van der Waals surface area (Å²) in [6, 6.07) is 6.76. The second-order valence-electron chi connectivity index (χ2n) is 3.39. The summed E-state index contributed by atoms with van der Waals surface area (Å²) in [7, 11) is 1.55. The van der Waals surface area contributed by atoms with Crippen LogP contribution in [-0.2, 0) is 0 Å². The van der Waals surface area contributed by atoms with Crippen molar-refractivity contribution >= 4 is 27.7 Å². The van der Waals surface area contributed by atoms with Crippen LogP contribution in [-0.4, -0.2) is 23.0 Å². The number of ether oxygens (including phenoxy) is 1. The molecule has 0 spiro atoms. The van der Waals surface area contributed by atoms with Crippen molar-refractivity contribution in [3.63, 3.8) is 0 Å². The van der Waals surface area contributed by atoms with Crippen molar-refractivity contribution in [2.45, 2.75) is 0 Å². The van der Waals surface area contributed by atoms with E-state index >= 15 is 0 Å². The molecule has 0 aliphatic rings. The quantitative estimate of drug-likeness (QED) is 0.885. The van der Waals surface area contributed by atoms with Crippen molar-refractivity contribution < 1.29 is 9.53 Å². The second-order valence-corrected chi connectivity index (χ2v) is 4.14. The van der Waals surface area contributed by atoms with Gasteiger partial charge in [0.1, 0.15) is 10.4 Å². The molecule has 0 aliphatic carbocycles. The van der Waals surface area contributed by atoms with Gasteiger partial charge in [0.25, 0.3) is 5.91 Å². The third-order valence-electron chi connectivity index (χ3n) is 2.20. The fourth-order valence-corrected chi connectivity index (χ4v) is 1.81. The van der Waals surface area contributed by atoms with Gasteiger partial charge in [-0.3, -0.25) is 9.78 Å². The lowest BCUT2D eigenvalue weighted by Crippen LogP contribution is -2.13. The molecule has 0 aliphatic heterocycles. The minimum atomic E-state index is -0.257. The van der Waals surface area contributed by atoms with Crippen molar-refractivity contribution in [1.82, 2.24) is 9.97 Å². The van der Waals surface area contributed by atoms with Crippen LogP contribution >= 0.6 is 15.9 Å². The number of nitrogens with zero attached hydrogens (tertiary/aromatic N) is 2. The van der Waals surface area contributed by atoms with Crippen LogP contribution in [0.2, 0.25) is 0 Å². The van der Waals surface area contributed by atoms with Crippen LogP contribution in [0.4, 0.5) is 5.82 Å². The van der Waals surface area contributed by atoms with E-state index in [1.807, 2.05) is 0 Å². The fraction of sp³-hybridized carbons (Fsp3) is 0.0833. The summed E-state index contributed by atoms with van der Waals surface area (Å²) < 4.78 is 5.59. The summed E-state index contributed by atoms with van der Waals surface area (Å²) >= 11 is 3.25. The zero-order chi connectivity index (χ0) is 13.0. The number of halogens is 1. The molecule has 18 heavy (non-hydrogen) atoms. The van der Waals surface area contributed by atoms with E-state index in [-0.39, 0.29) is 5.91 Å². The van der Waals surface area contributed by atoms with E-state index in [0.29, 0.717) is 21.7 Å². The average molecular weight is 308 g/mol. The summed E-state index contributed by atoms with van der Waals surface area (Å²) in [4.78, 5) is 19.9. The first-order valence-electron chi connectivity index (χ1n) is 5.12. The Hall–Kier alpha value is -1.95. The topological polar surface area (TPSA) is 64.1 Å². The molecule has 0 aromatic carbocycles. The van der Waals surface area contributed by atoms with Crippen LogP contribution < -0.4 is 10.1 Å². The zero-order valence-electron chi connectivity index (χ0n) is 9.55. The molecule has 5 nitrogen and oxygen atoms in total. The molecule has 6 heteroatoms. The van der Waals surface area contributed by atoms with Crippen molar-refractivity contribution in [2.75, 3.05) is 12.4 Å². The van der Waals surface area contributed by atoms with E-state index in [4.69, 9.17) is 4.74 Å². The van der Waals surface area contributed by atoms with Crippen molar-refractivity contribution in [2.24, 2.45) is 0 Å². The number of hydrogen-bond donors (Lipinski definition) is 1. The number of anilines is 1. The van der Waals surface area contributed by atoms with Crippen LogP contribution in [0.1, 0.15) is 10.4 Å². The van der Waals surface area contributed by atoms with Gasteiger partial charge in [-0.05, 0) is 40.2 Å². The molecule has 0 saturated carbocycles. The van der Waals surface area contributed by atoms with Gasteiger partial charge in [0.15, 0.2) is 5.75 Å². The summed E-state index contributed by atoms with van der Waals surface area (Å²) in [5, 5.41) is 2.67. The molecular formula is C12H10BrN3O2. The molecule has 0 fully saturated rings. The Kier molecular flexibility index (Phi) is 3.88. The monoisotopic (exact) mass is 307 g/mol. The lowest BCUT2D eigenvalue weighted by Gasteiger charge is -2.06. The minimum absolute atomic E-state index is 0.257. The van der Waals surface area contributed by atoms with Gasteiger partial charge >= 0.3 is 0 Å². The van der Waals surface area contributed by atoms with Gasteiger partial charge in [0.05, 0.1) is 12.7 Å². The number of nitrogens with one attached hydrogen (secondary N) is 1. The van der Waals surface area contributed by atoms with E-state index in [0.717, 1.165) is 0 Å². The van der Waals surface area contributed by atoms with Crippen LogP contribution in [0.25, 0.3) is 0 Å². The Morgan fingerprint density at radius 1 is 1.39 bits per heavy atom. The Bertz CT molecular complexity index is 561. The standard InChI is InChI=1S/C12H10BrN3O2/c1-18-9-4-5-10(15-11(9)13)16-12(17)8-3-2-6-14-7-8/h2-7H,1H3,(H,15,16,17). The second kappa shape index (κ2) is 5.59. The normalized spacial score (nSPS) is 9.89. The Balaban J connectivity index is 2.15.